The summed E-state index contributed by atoms with van der Waals surface area (Å²) in [7, 11) is 7.54. The smallest absolute Gasteiger partial charge is 0.331 e. The number of aryl methyl sites for hydroxylation is 2. The molecule has 0 aromatic heterocycles. The molecule has 0 aliphatic heterocycles. The van der Waals surface area contributed by atoms with Crippen LogP contribution in [-0.4, -0.2) is 31.6 Å². The van der Waals surface area contributed by atoms with E-state index in [1.165, 1.54) is 0 Å². The Labute approximate surface area is 112 Å². The van der Waals surface area contributed by atoms with E-state index in [1.807, 2.05) is 39.8 Å². The molecule has 0 saturated heterocycles. The third-order valence-corrected chi connectivity index (χ3v) is 3.61. The molecule has 0 unspecified atom stereocenters. The zero-order valence-electron chi connectivity index (χ0n) is 12.2. The van der Waals surface area contributed by atoms with E-state index in [0.29, 0.717) is 0 Å². The third-order valence-electron chi connectivity index (χ3n) is 3.61. The van der Waals surface area contributed by atoms with Crippen LogP contribution in [0.1, 0.15) is 38.8 Å². The number of rotatable bonds is 4. The molecule has 0 amide bonds. The topological polar surface area (TPSA) is 29.5 Å². The Balaban J connectivity index is 2.85. The van der Waals surface area contributed by atoms with Crippen LogP contribution in [0.25, 0.3) is 0 Å². The van der Waals surface area contributed by atoms with Crippen molar-refractivity contribution < 1.29 is 9.76 Å². The van der Waals surface area contributed by atoms with Gasteiger partial charge in [0.2, 0.25) is 0 Å². The number of benzene rings is 1. The molecule has 0 bridgehead atoms. The molecule has 1 N–H and O–H groups in total. The van der Waals surface area contributed by atoms with E-state index in [0.717, 1.165) is 22.1 Å². The van der Waals surface area contributed by atoms with Gasteiger partial charge in [0.05, 0.1) is 11.2 Å². The highest BCUT2D eigenvalue weighted by atomic mass is 16.5. The van der Waals surface area contributed by atoms with Crippen molar-refractivity contribution in [2.45, 2.75) is 52.7 Å². The fourth-order valence-corrected chi connectivity index (χ4v) is 1.34. The van der Waals surface area contributed by atoms with E-state index in [4.69, 9.17) is 12.5 Å². The van der Waals surface area contributed by atoms with Gasteiger partial charge in [0.15, 0.2) is 0 Å². The molecule has 0 heterocycles. The second kappa shape index (κ2) is 5.10. The molecule has 0 saturated carbocycles. The zero-order chi connectivity index (χ0) is 14.1. The first-order chi connectivity index (χ1) is 8.04. The molecule has 3 radical (unpaired) electrons. The summed E-state index contributed by atoms with van der Waals surface area (Å²) >= 11 is 0. The fourth-order valence-electron chi connectivity index (χ4n) is 1.34. The monoisotopic (exact) mass is 243 g/mol. The molecule has 18 heavy (non-hydrogen) atoms. The first-order valence-corrected chi connectivity index (χ1v) is 6.15. The van der Waals surface area contributed by atoms with Gasteiger partial charge in [-0.2, -0.15) is 0 Å². The van der Waals surface area contributed by atoms with E-state index in [2.05, 4.69) is 0 Å². The van der Waals surface area contributed by atoms with Crippen LogP contribution >= 0.6 is 0 Å². The molecule has 0 spiro atoms. The summed E-state index contributed by atoms with van der Waals surface area (Å²) in [4.78, 5) is 0. The van der Waals surface area contributed by atoms with E-state index in [9.17, 15) is 5.11 Å². The van der Waals surface area contributed by atoms with Crippen LogP contribution in [0.15, 0.2) is 12.1 Å². The van der Waals surface area contributed by atoms with E-state index >= 15 is 0 Å². The van der Waals surface area contributed by atoms with Crippen molar-refractivity contribution in [2.24, 2.45) is 0 Å². The van der Waals surface area contributed by atoms with Crippen LogP contribution in [0.4, 0.5) is 0 Å². The lowest BCUT2D eigenvalue weighted by molar-refractivity contribution is -0.0893. The van der Waals surface area contributed by atoms with Crippen molar-refractivity contribution in [2.75, 3.05) is 0 Å². The Kier molecular flexibility index (Phi) is 4.34. The van der Waals surface area contributed by atoms with E-state index < -0.39 is 11.2 Å². The Hall–Kier alpha value is -0.730. The lowest BCUT2D eigenvalue weighted by atomic mass is 9.77. The maximum atomic E-state index is 10.0. The summed E-state index contributed by atoms with van der Waals surface area (Å²) in [6.07, 6.45) is 0. The van der Waals surface area contributed by atoms with Crippen molar-refractivity contribution in [1.82, 2.24) is 0 Å². The molecule has 2 nitrogen and oxygen atoms in total. The third kappa shape index (κ3) is 3.39. The number of aliphatic hydroxyl groups is 1. The molecular weight excluding hydrogens is 222 g/mol. The average Bonchev–Trinajstić information content (AvgIpc) is 2.20. The van der Waals surface area contributed by atoms with Gasteiger partial charge in [-0.3, -0.25) is 0 Å². The van der Waals surface area contributed by atoms with Crippen LogP contribution in [0.2, 0.25) is 0 Å². The molecule has 4 heteroatoms. The second-order valence-electron chi connectivity index (χ2n) is 5.87. The average molecular weight is 243 g/mol. The summed E-state index contributed by atoms with van der Waals surface area (Å²) in [5.41, 5.74) is 2.28. The van der Waals surface area contributed by atoms with Crippen molar-refractivity contribution in [3.63, 3.8) is 0 Å². The lowest BCUT2D eigenvalue weighted by Gasteiger charge is -2.37. The quantitative estimate of drug-likeness (QED) is 0.796. The van der Waals surface area contributed by atoms with Crippen LogP contribution in [0.5, 0.6) is 0 Å². The highest BCUT2D eigenvalue weighted by molar-refractivity contribution is 6.48. The Morgan fingerprint density at radius 1 is 1.11 bits per heavy atom. The molecular formula is C14H21B2O2. The summed E-state index contributed by atoms with van der Waals surface area (Å²) < 4.78 is 5.74. The molecule has 0 fully saturated rings. The van der Waals surface area contributed by atoms with Crippen LogP contribution in [0.3, 0.4) is 0 Å². The van der Waals surface area contributed by atoms with Crippen molar-refractivity contribution in [3.8, 4) is 0 Å². The minimum absolute atomic E-state index is 0.658. The normalized spacial score (nSPS) is 12.6. The van der Waals surface area contributed by atoms with Crippen LogP contribution < -0.4 is 10.9 Å². The second-order valence-corrected chi connectivity index (χ2v) is 5.87. The van der Waals surface area contributed by atoms with Crippen molar-refractivity contribution in [1.29, 1.82) is 0 Å². The maximum absolute atomic E-state index is 10.0. The first kappa shape index (κ1) is 15.3. The van der Waals surface area contributed by atoms with Gasteiger partial charge in [0.1, 0.15) is 7.85 Å². The number of hydrogen-bond donors (Lipinski definition) is 1. The maximum Gasteiger partial charge on any atom is 0.331 e. The molecule has 1 aromatic rings. The Bertz CT molecular complexity index is 434. The summed E-state index contributed by atoms with van der Waals surface area (Å²) in [5.74, 6) is 0. The molecule has 1 aromatic carbocycles. The predicted octanol–water partition coefficient (Wildman–Crippen LogP) is 0.908. The van der Waals surface area contributed by atoms with Crippen LogP contribution in [0, 0.1) is 13.8 Å². The molecule has 1 rings (SSSR count). The minimum atomic E-state index is -0.916. The fraction of sp³-hybridized carbons (Fsp3) is 0.571. The molecule has 0 aliphatic carbocycles. The summed E-state index contributed by atoms with van der Waals surface area (Å²) in [6.45, 7) is 11.2. The first-order valence-electron chi connectivity index (χ1n) is 6.15. The lowest BCUT2D eigenvalue weighted by Crippen LogP contribution is -2.49. The molecule has 0 atom stereocenters. The van der Waals surface area contributed by atoms with Gasteiger partial charge in [0, 0.05) is 0 Å². The van der Waals surface area contributed by atoms with Gasteiger partial charge in [0.25, 0.3) is 0 Å². The minimum Gasteiger partial charge on any atom is -0.427 e. The van der Waals surface area contributed by atoms with Gasteiger partial charge < -0.3 is 9.76 Å². The largest absolute Gasteiger partial charge is 0.427 e. The van der Waals surface area contributed by atoms with Crippen molar-refractivity contribution in [3.05, 3.63) is 23.3 Å². The van der Waals surface area contributed by atoms with Gasteiger partial charge in [-0.15, -0.1) is 0 Å². The molecule has 0 aliphatic rings. The van der Waals surface area contributed by atoms with Gasteiger partial charge >= 0.3 is 7.48 Å². The van der Waals surface area contributed by atoms with Gasteiger partial charge in [-0.25, -0.2) is 0 Å². The number of hydrogen-bond acceptors (Lipinski definition) is 2. The standard InChI is InChI=1S/C14H21B2O2/c1-9-8-12(10(2)7-11(9)15)16-18-14(5,6)13(3,4)17/h7-8,17H,1-6H3. The Morgan fingerprint density at radius 2 is 1.67 bits per heavy atom. The van der Waals surface area contributed by atoms with Crippen LogP contribution in [-0.2, 0) is 4.65 Å². The summed E-state index contributed by atoms with van der Waals surface area (Å²) in [6, 6.07) is 3.92. The molecule has 95 valence electrons. The van der Waals surface area contributed by atoms with Gasteiger partial charge in [-0.1, -0.05) is 34.2 Å². The zero-order valence-corrected chi connectivity index (χ0v) is 12.2. The van der Waals surface area contributed by atoms with E-state index in [-0.39, 0.29) is 0 Å². The SMILES string of the molecule is [B]c1cc(C)c([B]OC(C)(C)C(C)(C)O)cc1C. The predicted molar refractivity (Wildman–Crippen MR) is 78.2 cm³/mol. The van der Waals surface area contributed by atoms with Gasteiger partial charge in [-0.05, 0) is 41.5 Å². The van der Waals surface area contributed by atoms with Crippen molar-refractivity contribution >= 4 is 26.3 Å². The van der Waals surface area contributed by atoms with E-state index in [1.54, 1.807) is 21.3 Å². The Morgan fingerprint density at radius 3 is 2.17 bits per heavy atom. The highest BCUT2D eigenvalue weighted by Crippen LogP contribution is 2.24. The highest BCUT2D eigenvalue weighted by Gasteiger charge is 2.35. The summed E-state index contributed by atoms with van der Waals surface area (Å²) in [5, 5.41) is 10.0.